The minimum absolute atomic E-state index is 0.318. The molecule has 0 spiro atoms. The molecule has 2 rings (SSSR count). The number of methoxy groups -OCH3 is 1. The summed E-state index contributed by atoms with van der Waals surface area (Å²) >= 11 is 5.07. The number of esters is 1. The smallest absolute Gasteiger partial charge is 0.337 e. The molecule has 0 saturated heterocycles. The van der Waals surface area contributed by atoms with Crippen LogP contribution in [0.1, 0.15) is 20.8 Å². The van der Waals surface area contributed by atoms with E-state index in [9.17, 15) is 4.79 Å². The van der Waals surface area contributed by atoms with Crippen LogP contribution in [0.15, 0.2) is 30.3 Å². The first-order valence-electron chi connectivity index (χ1n) is 5.15. The summed E-state index contributed by atoms with van der Waals surface area (Å²) in [6, 6.07) is 9.24. The summed E-state index contributed by atoms with van der Waals surface area (Å²) in [4.78, 5) is 12.4. The van der Waals surface area contributed by atoms with E-state index in [2.05, 4.69) is 4.74 Å². The molecule has 0 aliphatic rings. The predicted molar refractivity (Wildman–Crippen MR) is 79.7 cm³/mol. The zero-order valence-corrected chi connectivity index (χ0v) is 12.0. The van der Waals surface area contributed by atoms with Crippen LogP contribution in [-0.2, 0) is 4.74 Å². The molecule has 0 N–H and O–H groups in total. The third kappa shape index (κ3) is 3.35. The average molecular weight is 294 g/mol. The Hall–Kier alpha value is -1.30. The molecule has 5 heteroatoms. The molecular weight excluding hydrogens is 284 g/mol. The topological polar surface area (TPSA) is 26.3 Å². The largest absolute Gasteiger partial charge is 0.465 e. The summed E-state index contributed by atoms with van der Waals surface area (Å²) in [7, 11) is 4.63. The van der Waals surface area contributed by atoms with E-state index < -0.39 is 0 Å². The van der Waals surface area contributed by atoms with Gasteiger partial charge in [-0.05, 0) is 29.8 Å². The molecule has 0 aliphatic carbocycles. The number of ether oxygens (including phenoxy) is 1. The Kier molecular flexibility index (Phi) is 4.41. The monoisotopic (exact) mass is 294 g/mol. The van der Waals surface area contributed by atoms with E-state index in [1.807, 2.05) is 30.4 Å². The van der Waals surface area contributed by atoms with Crippen molar-refractivity contribution in [1.82, 2.24) is 0 Å². The average Bonchev–Trinajstić information content (AvgIpc) is 2.82. The van der Waals surface area contributed by atoms with Crippen molar-refractivity contribution >= 4 is 51.0 Å². The highest BCUT2D eigenvalue weighted by atomic mass is 32.9. The fourth-order valence-electron chi connectivity index (χ4n) is 1.36. The van der Waals surface area contributed by atoms with E-state index in [-0.39, 0.29) is 5.97 Å². The highest BCUT2D eigenvalue weighted by Crippen LogP contribution is 2.20. The van der Waals surface area contributed by atoms with Gasteiger partial charge in [0.25, 0.3) is 0 Å². The second kappa shape index (κ2) is 6.04. The van der Waals surface area contributed by atoms with E-state index >= 15 is 0 Å². The lowest BCUT2D eigenvalue weighted by molar-refractivity contribution is 0.0601. The highest BCUT2D eigenvalue weighted by Gasteiger charge is 2.02. The van der Waals surface area contributed by atoms with Gasteiger partial charge in [0.15, 0.2) is 0 Å². The van der Waals surface area contributed by atoms with Crippen molar-refractivity contribution in [2.75, 3.05) is 7.11 Å². The SMILES string of the molecule is COC(=O)c1ccc(C=Cc2cc(=S)ss2)cc1. The van der Waals surface area contributed by atoms with Gasteiger partial charge in [-0.2, -0.15) is 0 Å². The maximum Gasteiger partial charge on any atom is 0.337 e. The molecule has 2 aromatic rings. The summed E-state index contributed by atoms with van der Waals surface area (Å²) in [6.45, 7) is 0. The van der Waals surface area contributed by atoms with Crippen molar-refractivity contribution in [3.8, 4) is 0 Å². The summed E-state index contributed by atoms with van der Waals surface area (Å²) < 4.78 is 5.55. The quantitative estimate of drug-likeness (QED) is 0.474. The molecule has 0 bridgehead atoms. The van der Waals surface area contributed by atoms with E-state index in [0.29, 0.717) is 5.56 Å². The number of hydrogen-bond donors (Lipinski definition) is 0. The molecule has 0 amide bonds. The maximum absolute atomic E-state index is 11.3. The molecule has 0 radical (unpaired) electrons. The van der Waals surface area contributed by atoms with E-state index in [0.717, 1.165) is 14.3 Å². The lowest BCUT2D eigenvalue weighted by Gasteiger charge is -1.99. The van der Waals surface area contributed by atoms with Gasteiger partial charge in [0, 0.05) is 4.88 Å². The van der Waals surface area contributed by atoms with Crippen molar-refractivity contribution in [2.45, 2.75) is 0 Å². The van der Waals surface area contributed by atoms with Crippen molar-refractivity contribution in [1.29, 1.82) is 0 Å². The van der Waals surface area contributed by atoms with Crippen LogP contribution >= 0.6 is 32.9 Å². The van der Waals surface area contributed by atoms with Gasteiger partial charge in [-0.25, -0.2) is 4.79 Å². The Morgan fingerprint density at radius 2 is 1.94 bits per heavy atom. The molecule has 0 saturated carbocycles. The van der Waals surface area contributed by atoms with Crippen LogP contribution in [0.5, 0.6) is 0 Å². The number of rotatable bonds is 3. The lowest BCUT2D eigenvalue weighted by Crippen LogP contribution is -2.00. The summed E-state index contributed by atoms with van der Waals surface area (Å²) in [5, 5.41) is 0. The van der Waals surface area contributed by atoms with Gasteiger partial charge in [-0.1, -0.05) is 51.1 Å². The summed E-state index contributed by atoms with van der Waals surface area (Å²) in [6.07, 6.45) is 4.01. The number of carbonyl (C=O) groups is 1. The van der Waals surface area contributed by atoms with Gasteiger partial charge >= 0.3 is 5.97 Å². The molecule has 0 aliphatic heterocycles. The van der Waals surface area contributed by atoms with Gasteiger partial charge in [-0.15, -0.1) is 0 Å². The van der Waals surface area contributed by atoms with E-state index in [1.165, 1.54) is 7.11 Å². The van der Waals surface area contributed by atoms with Crippen LogP contribution in [-0.4, -0.2) is 13.1 Å². The zero-order chi connectivity index (χ0) is 13.0. The normalized spacial score (nSPS) is 10.7. The number of benzene rings is 1. The Morgan fingerprint density at radius 1 is 1.22 bits per heavy atom. The van der Waals surface area contributed by atoms with Crippen molar-refractivity contribution in [3.05, 3.63) is 50.2 Å². The molecule has 0 atom stereocenters. The van der Waals surface area contributed by atoms with Gasteiger partial charge in [0.05, 0.1) is 12.7 Å². The molecular formula is C13H10O2S3. The fourth-order valence-corrected chi connectivity index (χ4v) is 3.57. The van der Waals surface area contributed by atoms with Crippen LogP contribution in [0, 0.1) is 3.82 Å². The van der Waals surface area contributed by atoms with E-state index in [1.54, 1.807) is 32.8 Å². The van der Waals surface area contributed by atoms with Crippen molar-refractivity contribution in [2.24, 2.45) is 0 Å². The first-order valence-corrected chi connectivity index (χ1v) is 7.71. The second-order valence-electron chi connectivity index (χ2n) is 3.48. The Morgan fingerprint density at radius 3 is 2.50 bits per heavy atom. The molecule has 1 aromatic carbocycles. The molecule has 1 heterocycles. The van der Waals surface area contributed by atoms with Gasteiger partial charge in [-0.3, -0.25) is 0 Å². The van der Waals surface area contributed by atoms with Crippen LogP contribution in [0.25, 0.3) is 12.2 Å². The predicted octanol–water partition coefficient (Wildman–Crippen LogP) is 4.50. The molecule has 0 unspecified atom stereocenters. The minimum Gasteiger partial charge on any atom is -0.465 e. The third-order valence-corrected chi connectivity index (χ3v) is 5.11. The highest BCUT2D eigenvalue weighted by molar-refractivity contribution is 7.79. The second-order valence-corrected chi connectivity index (χ2v) is 6.42. The van der Waals surface area contributed by atoms with Crippen molar-refractivity contribution in [3.63, 3.8) is 0 Å². The summed E-state index contributed by atoms with van der Waals surface area (Å²) in [5.74, 6) is -0.318. The van der Waals surface area contributed by atoms with Gasteiger partial charge in [0.2, 0.25) is 0 Å². The summed E-state index contributed by atoms with van der Waals surface area (Å²) in [5.41, 5.74) is 1.59. The minimum atomic E-state index is -0.318. The van der Waals surface area contributed by atoms with Crippen molar-refractivity contribution < 1.29 is 9.53 Å². The van der Waals surface area contributed by atoms with Crippen LogP contribution in [0.4, 0.5) is 0 Å². The standard InChI is InChI=1S/C13H10O2S3/c1-15-13(14)10-5-2-9(3-6-10)4-7-11-8-12(16)18-17-11/h2-8H,1H3. The van der Waals surface area contributed by atoms with Crippen LogP contribution in [0.3, 0.4) is 0 Å². The Balaban J connectivity index is 2.13. The molecule has 0 fully saturated rings. The first-order chi connectivity index (χ1) is 8.69. The molecule has 2 nitrogen and oxygen atoms in total. The van der Waals surface area contributed by atoms with Gasteiger partial charge in [0.1, 0.15) is 3.82 Å². The number of carbonyl (C=O) groups excluding carboxylic acids is 1. The fraction of sp³-hybridized carbons (Fsp3) is 0.0769. The maximum atomic E-state index is 11.3. The third-order valence-electron chi connectivity index (χ3n) is 2.25. The molecule has 92 valence electrons. The first kappa shape index (κ1) is 13.1. The van der Waals surface area contributed by atoms with Crippen LogP contribution in [0.2, 0.25) is 0 Å². The number of hydrogen-bond acceptors (Lipinski definition) is 5. The molecule has 18 heavy (non-hydrogen) atoms. The zero-order valence-electron chi connectivity index (χ0n) is 9.58. The Labute approximate surface area is 118 Å². The van der Waals surface area contributed by atoms with Gasteiger partial charge < -0.3 is 4.74 Å². The Bertz CT molecular complexity index is 620. The molecule has 1 aromatic heterocycles. The van der Waals surface area contributed by atoms with Crippen LogP contribution < -0.4 is 0 Å². The lowest BCUT2D eigenvalue weighted by atomic mass is 10.1. The van der Waals surface area contributed by atoms with E-state index in [4.69, 9.17) is 12.2 Å².